The smallest absolute Gasteiger partial charge is 0.308 e. The van der Waals surface area contributed by atoms with Crippen LogP contribution < -0.4 is 5.32 Å². The molecule has 3 aliphatic carbocycles. The van der Waals surface area contributed by atoms with Crippen LogP contribution >= 0.6 is 0 Å². The summed E-state index contributed by atoms with van der Waals surface area (Å²) in [6, 6.07) is 3.56. The van der Waals surface area contributed by atoms with E-state index in [9.17, 15) is 9.90 Å². The van der Waals surface area contributed by atoms with Crippen molar-refractivity contribution in [3.63, 3.8) is 0 Å². The number of carbonyl (C=O) groups is 1. The molecule has 4 aromatic rings. The molecule has 4 heterocycles. The van der Waals surface area contributed by atoms with E-state index in [4.69, 9.17) is 14.4 Å². The van der Waals surface area contributed by atoms with Gasteiger partial charge in [-0.1, -0.05) is 0 Å². The zero-order chi connectivity index (χ0) is 21.7. The zero-order valence-electron chi connectivity index (χ0n) is 17.2. The summed E-state index contributed by atoms with van der Waals surface area (Å²) in [6.45, 7) is 0. The lowest BCUT2D eigenvalue weighted by molar-refractivity contribution is -0.148. The number of furan rings is 1. The SMILES string of the molecule is O=C(O)C1C2CCC(CC2)C1Nc1cc(-c2ccoc2)nc(-c2c[nH]c3ncncc23)n1. The lowest BCUT2D eigenvalue weighted by Crippen LogP contribution is -2.51. The molecule has 32 heavy (non-hydrogen) atoms. The average molecular weight is 430 g/mol. The summed E-state index contributed by atoms with van der Waals surface area (Å²) >= 11 is 0. The molecule has 0 spiro atoms. The normalized spacial score (nSPS) is 24.6. The van der Waals surface area contributed by atoms with Gasteiger partial charge in [0.15, 0.2) is 5.82 Å². The molecule has 4 aromatic heterocycles. The number of anilines is 1. The summed E-state index contributed by atoms with van der Waals surface area (Å²) in [7, 11) is 0. The van der Waals surface area contributed by atoms with Gasteiger partial charge in [-0.15, -0.1) is 0 Å². The Morgan fingerprint density at radius 2 is 2.03 bits per heavy atom. The number of nitrogens with zero attached hydrogens (tertiary/aromatic N) is 4. The van der Waals surface area contributed by atoms with E-state index < -0.39 is 11.9 Å². The Labute approximate surface area is 183 Å². The highest BCUT2D eigenvalue weighted by Crippen LogP contribution is 2.46. The highest BCUT2D eigenvalue weighted by molar-refractivity contribution is 5.91. The summed E-state index contributed by atoms with van der Waals surface area (Å²) in [5.74, 6) is 0.546. The number of hydrogen-bond donors (Lipinski definition) is 3. The van der Waals surface area contributed by atoms with E-state index in [0.717, 1.165) is 42.2 Å². The number of rotatable bonds is 5. The Morgan fingerprint density at radius 1 is 1.19 bits per heavy atom. The molecule has 2 atom stereocenters. The van der Waals surface area contributed by atoms with Gasteiger partial charge >= 0.3 is 5.97 Å². The highest BCUT2D eigenvalue weighted by Gasteiger charge is 2.47. The molecule has 3 aliphatic rings. The van der Waals surface area contributed by atoms with Crippen molar-refractivity contribution in [2.24, 2.45) is 17.8 Å². The average Bonchev–Trinajstić information content (AvgIpc) is 3.50. The molecule has 0 aliphatic heterocycles. The fourth-order valence-electron chi connectivity index (χ4n) is 5.43. The van der Waals surface area contributed by atoms with Gasteiger partial charge in [0.05, 0.1) is 24.1 Å². The monoisotopic (exact) mass is 430 g/mol. The predicted octanol–water partition coefficient (Wildman–Crippen LogP) is 3.98. The first-order chi connectivity index (χ1) is 15.7. The molecule has 3 N–H and O–H groups in total. The van der Waals surface area contributed by atoms with Gasteiger partial charge in [0.2, 0.25) is 0 Å². The van der Waals surface area contributed by atoms with Crippen LogP contribution in [-0.4, -0.2) is 42.0 Å². The van der Waals surface area contributed by atoms with Crippen molar-refractivity contribution in [3.05, 3.63) is 43.4 Å². The van der Waals surface area contributed by atoms with Crippen molar-refractivity contribution in [2.45, 2.75) is 31.7 Å². The summed E-state index contributed by atoms with van der Waals surface area (Å²) in [4.78, 5) is 33.2. The second kappa shape index (κ2) is 7.44. The molecule has 0 amide bonds. The summed E-state index contributed by atoms with van der Waals surface area (Å²) in [5.41, 5.74) is 3.02. The van der Waals surface area contributed by atoms with Crippen LogP contribution in [0, 0.1) is 17.8 Å². The Bertz CT molecular complexity index is 1280. The lowest BCUT2D eigenvalue weighted by Gasteiger charge is -2.47. The van der Waals surface area contributed by atoms with Crippen LogP contribution in [0.5, 0.6) is 0 Å². The molecule has 2 unspecified atom stereocenters. The van der Waals surface area contributed by atoms with Gasteiger partial charge in [-0.3, -0.25) is 4.79 Å². The third-order valence-electron chi connectivity index (χ3n) is 6.96. The second-order valence-electron chi connectivity index (χ2n) is 8.67. The van der Waals surface area contributed by atoms with E-state index in [1.807, 2.05) is 18.3 Å². The van der Waals surface area contributed by atoms with E-state index in [1.165, 1.54) is 6.33 Å². The number of carboxylic acid groups (broad SMARTS) is 1. The van der Waals surface area contributed by atoms with Gasteiger partial charge < -0.3 is 19.8 Å². The van der Waals surface area contributed by atoms with Gasteiger partial charge in [-0.2, -0.15) is 0 Å². The van der Waals surface area contributed by atoms with Crippen molar-refractivity contribution in [2.75, 3.05) is 5.32 Å². The number of aromatic amines is 1. The topological polar surface area (TPSA) is 130 Å². The first kappa shape index (κ1) is 19.0. The first-order valence-corrected chi connectivity index (χ1v) is 10.9. The Morgan fingerprint density at radius 3 is 2.81 bits per heavy atom. The van der Waals surface area contributed by atoms with E-state index in [1.54, 1.807) is 18.7 Å². The fourth-order valence-corrected chi connectivity index (χ4v) is 5.43. The second-order valence-corrected chi connectivity index (χ2v) is 8.67. The van der Waals surface area contributed by atoms with Gasteiger partial charge in [0.25, 0.3) is 0 Å². The van der Waals surface area contributed by atoms with Gasteiger partial charge in [-0.25, -0.2) is 19.9 Å². The lowest BCUT2D eigenvalue weighted by atomic mass is 9.61. The molecule has 9 nitrogen and oxygen atoms in total. The van der Waals surface area contributed by atoms with Crippen LogP contribution in [0.2, 0.25) is 0 Å². The molecule has 9 heteroatoms. The minimum absolute atomic E-state index is 0.147. The van der Waals surface area contributed by atoms with Gasteiger partial charge in [0, 0.05) is 41.0 Å². The molecule has 0 radical (unpaired) electrons. The number of fused-ring (bicyclic) bond motifs is 4. The molecule has 0 saturated heterocycles. The molecular weight excluding hydrogens is 408 g/mol. The van der Waals surface area contributed by atoms with Crippen LogP contribution in [-0.2, 0) is 4.79 Å². The molecular formula is C23H22N6O3. The molecule has 3 saturated carbocycles. The van der Waals surface area contributed by atoms with Gasteiger partial charge in [0.1, 0.15) is 17.8 Å². The van der Waals surface area contributed by atoms with E-state index in [2.05, 4.69) is 20.3 Å². The third-order valence-corrected chi connectivity index (χ3v) is 6.96. The van der Waals surface area contributed by atoms with Gasteiger partial charge in [-0.05, 0) is 43.6 Å². The van der Waals surface area contributed by atoms with Crippen LogP contribution in [0.25, 0.3) is 33.7 Å². The van der Waals surface area contributed by atoms with Crippen LogP contribution in [0.3, 0.4) is 0 Å². The number of hydrogen-bond acceptors (Lipinski definition) is 7. The van der Waals surface area contributed by atoms with E-state index in [0.29, 0.717) is 28.9 Å². The molecule has 3 fully saturated rings. The zero-order valence-corrected chi connectivity index (χ0v) is 17.2. The largest absolute Gasteiger partial charge is 0.481 e. The predicted molar refractivity (Wildman–Crippen MR) is 117 cm³/mol. The summed E-state index contributed by atoms with van der Waals surface area (Å²) in [6.07, 6.45) is 12.4. The number of aliphatic carboxylic acids is 1. The third kappa shape index (κ3) is 3.12. The fraction of sp³-hybridized carbons (Fsp3) is 0.348. The van der Waals surface area contributed by atoms with E-state index >= 15 is 0 Å². The van der Waals surface area contributed by atoms with Crippen molar-refractivity contribution < 1.29 is 14.3 Å². The van der Waals surface area contributed by atoms with Crippen molar-refractivity contribution in [1.82, 2.24) is 24.9 Å². The first-order valence-electron chi connectivity index (χ1n) is 10.9. The molecule has 7 rings (SSSR count). The van der Waals surface area contributed by atoms with Crippen LogP contribution in [0.1, 0.15) is 25.7 Å². The maximum Gasteiger partial charge on any atom is 0.308 e. The highest BCUT2D eigenvalue weighted by atomic mass is 16.4. The number of aromatic nitrogens is 5. The maximum absolute atomic E-state index is 12.1. The minimum atomic E-state index is -0.727. The maximum atomic E-state index is 12.1. The van der Waals surface area contributed by atoms with Crippen molar-refractivity contribution >= 4 is 22.8 Å². The number of H-pyrrole nitrogens is 1. The molecule has 162 valence electrons. The molecule has 0 aromatic carbocycles. The quantitative estimate of drug-likeness (QED) is 0.433. The molecule has 2 bridgehead atoms. The Balaban J connectivity index is 1.44. The van der Waals surface area contributed by atoms with Crippen molar-refractivity contribution in [1.29, 1.82) is 0 Å². The number of nitrogens with one attached hydrogen (secondary N) is 2. The van der Waals surface area contributed by atoms with E-state index in [-0.39, 0.29) is 12.0 Å². The Kier molecular flexibility index (Phi) is 4.41. The minimum Gasteiger partial charge on any atom is -0.481 e. The van der Waals surface area contributed by atoms with Crippen LogP contribution in [0.4, 0.5) is 5.82 Å². The van der Waals surface area contributed by atoms with Crippen LogP contribution in [0.15, 0.2) is 47.8 Å². The summed E-state index contributed by atoms with van der Waals surface area (Å²) in [5, 5.41) is 14.2. The number of carboxylic acids is 1. The Hall–Kier alpha value is -3.75. The standard InChI is InChI=1S/C23H22N6O3/c30-23(31)19-12-1-3-13(4-2-12)20(19)28-18-7-17(14-5-6-32-10-14)27-22(29-18)16-9-25-21-15(16)8-24-11-26-21/h5-13,19-20H,1-4H2,(H,30,31)(H,24,25,26)(H,27,28,29). The van der Waals surface area contributed by atoms with Crippen molar-refractivity contribution in [3.8, 4) is 22.6 Å². The summed E-state index contributed by atoms with van der Waals surface area (Å²) < 4.78 is 5.26.